The van der Waals surface area contributed by atoms with E-state index in [-0.39, 0.29) is 12.5 Å². The van der Waals surface area contributed by atoms with Gasteiger partial charge in [0.15, 0.2) is 0 Å². The van der Waals surface area contributed by atoms with Gasteiger partial charge in [0, 0.05) is 36.7 Å². The molecule has 1 fully saturated rings. The second-order valence-electron chi connectivity index (χ2n) is 8.01. The van der Waals surface area contributed by atoms with E-state index in [4.69, 9.17) is 0 Å². The quantitative estimate of drug-likeness (QED) is 0.658. The number of hydrogen-bond donors (Lipinski definition) is 1. The maximum Gasteiger partial charge on any atom is 0.243 e. The maximum atomic E-state index is 13.0. The lowest BCUT2D eigenvalue weighted by Gasteiger charge is -2.29. The van der Waals surface area contributed by atoms with Gasteiger partial charge in [0.25, 0.3) is 0 Å². The highest BCUT2D eigenvalue weighted by Gasteiger charge is 2.28. The van der Waals surface area contributed by atoms with Crippen LogP contribution in [0.2, 0.25) is 0 Å². The third-order valence-corrected chi connectivity index (χ3v) is 7.66. The molecule has 1 aromatic heterocycles. The average Bonchev–Trinajstić information content (AvgIpc) is 3.15. The van der Waals surface area contributed by atoms with Crippen LogP contribution in [0.15, 0.2) is 65.7 Å². The molecule has 7 heteroatoms. The summed E-state index contributed by atoms with van der Waals surface area (Å²) in [7, 11) is -3.49. The van der Waals surface area contributed by atoms with Gasteiger partial charge in [0.05, 0.1) is 4.90 Å². The van der Waals surface area contributed by atoms with Gasteiger partial charge in [-0.15, -0.1) is 0 Å². The smallest absolute Gasteiger partial charge is 0.243 e. The standard InChI is InChI=1S/C23H27N3O3S/c1-18-9-13-26(14-10-18)30(28,29)21-7-8-22-20(15-21)11-12-25(22)17-23(27)24-16-19-5-3-2-4-6-19/h2-8,11-12,15,18H,9-10,13-14,16-17H2,1H3,(H,24,27). The van der Waals surface area contributed by atoms with E-state index in [1.54, 1.807) is 22.5 Å². The van der Waals surface area contributed by atoms with Gasteiger partial charge >= 0.3 is 0 Å². The number of carbonyl (C=O) groups excluding carboxylic acids is 1. The molecular weight excluding hydrogens is 398 g/mol. The lowest BCUT2D eigenvalue weighted by atomic mass is 10.0. The van der Waals surface area contributed by atoms with Crippen LogP contribution >= 0.6 is 0 Å². The molecule has 4 rings (SSSR count). The van der Waals surface area contributed by atoms with Crippen molar-refractivity contribution in [1.29, 1.82) is 0 Å². The Morgan fingerprint density at radius 2 is 1.80 bits per heavy atom. The Morgan fingerprint density at radius 1 is 1.07 bits per heavy atom. The fourth-order valence-electron chi connectivity index (χ4n) is 3.86. The topological polar surface area (TPSA) is 71.4 Å². The fraction of sp³-hybridized carbons (Fsp3) is 0.348. The summed E-state index contributed by atoms with van der Waals surface area (Å²) >= 11 is 0. The summed E-state index contributed by atoms with van der Waals surface area (Å²) in [6.45, 7) is 3.98. The highest BCUT2D eigenvalue weighted by atomic mass is 32.2. The van der Waals surface area contributed by atoms with Crippen molar-refractivity contribution in [2.24, 2.45) is 5.92 Å². The van der Waals surface area contributed by atoms with Gasteiger partial charge in [-0.2, -0.15) is 4.31 Å². The van der Waals surface area contributed by atoms with Crippen molar-refractivity contribution in [2.75, 3.05) is 13.1 Å². The molecule has 1 aliphatic rings. The van der Waals surface area contributed by atoms with E-state index in [1.165, 1.54) is 0 Å². The number of rotatable bonds is 6. The molecule has 6 nitrogen and oxygen atoms in total. The molecule has 1 aliphatic heterocycles. The SMILES string of the molecule is CC1CCN(S(=O)(=O)c2ccc3c(ccn3CC(=O)NCc3ccccc3)c2)CC1. The molecule has 158 valence electrons. The first kappa shape index (κ1) is 20.6. The summed E-state index contributed by atoms with van der Waals surface area (Å²) in [4.78, 5) is 12.7. The number of benzene rings is 2. The van der Waals surface area contributed by atoms with Crippen LogP contribution in [0, 0.1) is 5.92 Å². The molecule has 2 heterocycles. The van der Waals surface area contributed by atoms with Crippen LogP contribution in [0.1, 0.15) is 25.3 Å². The van der Waals surface area contributed by atoms with Crippen molar-refractivity contribution in [2.45, 2.75) is 37.8 Å². The minimum Gasteiger partial charge on any atom is -0.350 e. The first-order chi connectivity index (χ1) is 14.4. The Balaban J connectivity index is 1.46. The minimum absolute atomic E-state index is 0.0875. The number of aromatic nitrogens is 1. The van der Waals surface area contributed by atoms with Gasteiger partial charge in [0.2, 0.25) is 15.9 Å². The van der Waals surface area contributed by atoms with E-state index < -0.39 is 10.0 Å². The molecule has 2 aromatic carbocycles. The van der Waals surface area contributed by atoms with Crippen LogP contribution in [-0.4, -0.2) is 36.3 Å². The Bertz CT molecular complexity index is 1130. The highest BCUT2D eigenvalue weighted by molar-refractivity contribution is 7.89. The largest absolute Gasteiger partial charge is 0.350 e. The number of sulfonamides is 1. The van der Waals surface area contributed by atoms with Crippen LogP contribution in [0.25, 0.3) is 10.9 Å². The molecule has 1 saturated heterocycles. The van der Waals surface area contributed by atoms with Crippen molar-refractivity contribution >= 4 is 26.8 Å². The van der Waals surface area contributed by atoms with Gasteiger partial charge < -0.3 is 9.88 Å². The zero-order valence-electron chi connectivity index (χ0n) is 17.1. The van der Waals surface area contributed by atoms with Crippen LogP contribution in [0.3, 0.4) is 0 Å². The summed E-state index contributed by atoms with van der Waals surface area (Å²) in [5, 5.41) is 3.74. The van der Waals surface area contributed by atoms with E-state index in [9.17, 15) is 13.2 Å². The molecule has 0 spiro atoms. The van der Waals surface area contributed by atoms with E-state index in [0.717, 1.165) is 29.3 Å². The molecule has 0 atom stereocenters. The van der Waals surface area contributed by atoms with Crippen LogP contribution in [0.5, 0.6) is 0 Å². The number of piperidine rings is 1. The number of nitrogens with zero attached hydrogens (tertiary/aromatic N) is 2. The summed E-state index contributed by atoms with van der Waals surface area (Å²) in [6.07, 6.45) is 3.62. The van der Waals surface area contributed by atoms with Crippen molar-refractivity contribution in [1.82, 2.24) is 14.2 Å². The zero-order valence-corrected chi connectivity index (χ0v) is 17.9. The molecule has 1 amide bonds. The van der Waals surface area contributed by atoms with E-state index in [1.807, 2.05) is 47.2 Å². The van der Waals surface area contributed by atoms with Crippen molar-refractivity contribution in [3.05, 3.63) is 66.4 Å². The number of carbonyl (C=O) groups is 1. The summed E-state index contributed by atoms with van der Waals surface area (Å²) < 4.78 is 29.4. The Kier molecular flexibility index (Phi) is 5.92. The van der Waals surface area contributed by atoms with Crippen molar-refractivity contribution in [3.63, 3.8) is 0 Å². The Labute approximate surface area is 177 Å². The third-order valence-electron chi connectivity index (χ3n) is 5.77. The molecule has 3 aromatic rings. The molecule has 0 unspecified atom stereocenters. The Morgan fingerprint density at radius 3 is 2.53 bits per heavy atom. The number of fused-ring (bicyclic) bond motifs is 1. The van der Waals surface area contributed by atoms with Crippen LogP contribution < -0.4 is 5.32 Å². The molecule has 1 N–H and O–H groups in total. The number of amides is 1. The van der Waals surface area contributed by atoms with Gasteiger partial charge in [0.1, 0.15) is 6.54 Å². The monoisotopic (exact) mass is 425 g/mol. The number of nitrogens with one attached hydrogen (secondary N) is 1. The molecule has 0 bridgehead atoms. The molecular formula is C23H27N3O3S. The highest BCUT2D eigenvalue weighted by Crippen LogP contribution is 2.26. The predicted octanol–water partition coefficient (Wildman–Crippen LogP) is 3.38. The molecule has 0 saturated carbocycles. The maximum absolute atomic E-state index is 13.0. The first-order valence-electron chi connectivity index (χ1n) is 10.3. The molecule has 30 heavy (non-hydrogen) atoms. The van der Waals surface area contributed by atoms with Gasteiger partial charge in [-0.1, -0.05) is 37.3 Å². The summed E-state index contributed by atoms with van der Waals surface area (Å²) in [6, 6.07) is 16.8. The van der Waals surface area contributed by atoms with Gasteiger partial charge in [-0.05, 0) is 48.6 Å². The van der Waals surface area contributed by atoms with E-state index in [2.05, 4.69) is 12.2 Å². The lowest BCUT2D eigenvalue weighted by molar-refractivity contribution is -0.121. The number of hydrogen-bond acceptors (Lipinski definition) is 3. The van der Waals surface area contributed by atoms with Crippen LogP contribution in [-0.2, 0) is 27.9 Å². The first-order valence-corrected chi connectivity index (χ1v) is 11.8. The molecule has 0 aliphatic carbocycles. The second-order valence-corrected chi connectivity index (χ2v) is 9.95. The van der Waals surface area contributed by atoms with Gasteiger partial charge in [-0.25, -0.2) is 8.42 Å². The van der Waals surface area contributed by atoms with Crippen LogP contribution in [0.4, 0.5) is 0 Å². The normalized spacial score (nSPS) is 16.0. The van der Waals surface area contributed by atoms with Crippen molar-refractivity contribution < 1.29 is 13.2 Å². The zero-order chi connectivity index (χ0) is 21.1. The Hall–Kier alpha value is -2.64. The van der Waals surface area contributed by atoms with E-state index >= 15 is 0 Å². The summed E-state index contributed by atoms with van der Waals surface area (Å²) in [5.74, 6) is 0.483. The van der Waals surface area contributed by atoms with Crippen molar-refractivity contribution in [3.8, 4) is 0 Å². The second kappa shape index (κ2) is 8.62. The van der Waals surface area contributed by atoms with Gasteiger partial charge in [-0.3, -0.25) is 4.79 Å². The average molecular weight is 426 g/mol. The molecule has 0 radical (unpaired) electrons. The predicted molar refractivity (Wildman–Crippen MR) is 117 cm³/mol. The third kappa shape index (κ3) is 4.42. The lowest BCUT2D eigenvalue weighted by Crippen LogP contribution is -2.37. The minimum atomic E-state index is -3.49. The summed E-state index contributed by atoms with van der Waals surface area (Å²) in [5.41, 5.74) is 1.89. The van der Waals surface area contributed by atoms with E-state index in [0.29, 0.717) is 30.4 Å². The fourth-order valence-corrected chi connectivity index (χ4v) is 5.36.